The molecule has 0 saturated heterocycles. The number of benzene rings is 3. The van der Waals surface area contributed by atoms with Gasteiger partial charge in [-0.05, 0) is 30.7 Å². The summed E-state index contributed by atoms with van der Waals surface area (Å²) in [4.78, 5) is 27.3. The number of aryl methyl sites for hydroxylation is 1. The standard InChI is InChI=1S/C23H19FN2O2/c1-15-11-12-20-18(13-15)22(16-7-3-2-4-8-16)26(14-21(27)25-20)23(28)17-9-5-6-10-19(17)24/h2-13,22H,14H2,1H3,(H,25,27)/t22-/m0/s1. The van der Waals surface area contributed by atoms with Gasteiger partial charge in [0, 0.05) is 11.3 Å². The molecule has 140 valence electrons. The molecule has 0 saturated carbocycles. The lowest BCUT2D eigenvalue weighted by Gasteiger charge is -2.31. The smallest absolute Gasteiger partial charge is 0.258 e. The Labute approximate surface area is 162 Å². The summed E-state index contributed by atoms with van der Waals surface area (Å²) in [5, 5.41) is 2.87. The maximum atomic E-state index is 14.3. The number of hydrogen-bond acceptors (Lipinski definition) is 2. The van der Waals surface area contributed by atoms with Crippen LogP contribution in [0.2, 0.25) is 0 Å². The van der Waals surface area contributed by atoms with Gasteiger partial charge in [-0.1, -0.05) is 60.2 Å². The van der Waals surface area contributed by atoms with Gasteiger partial charge >= 0.3 is 0 Å². The van der Waals surface area contributed by atoms with E-state index in [4.69, 9.17) is 0 Å². The molecule has 0 aromatic heterocycles. The van der Waals surface area contributed by atoms with Gasteiger partial charge in [0.15, 0.2) is 0 Å². The predicted molar refractivity (Wildman–Crippen MR) is 106 cm³/mol. The molecule has 4 rings (SSSR count). The number of rotatable bonds is 2. The molecule has 0 spiro atoms. The topological polar surface area (TPSA) is 49.4 Å². The van der Waals surface area contributed by atoms with Crippen LogP contribution in [0.3, 0.4) is 0 Å². The van der Waals surface area contributed by atoms with Gasteiger partial charge in [-0.3, -0.25) is 9.59 Å². The van der Waals surface area contributed by atoms with E-state index in [0.29, 0.717) is 5.69 Å². The molecule has 5 heteroatoms. The van der Waals surface area contributed by atoms with E-state index in [1.165, 1.54) is 23.1 Å². The SMILES string of the molecule is Cc1ccc2c(c1)[C@H](c1ccccc1)N(C(=O)c1ccccc1F)CC(=O)N2. The van der Waals surface area contributed by atoms with Crippen LogP contribution in [0.5, 0.6) is 0 Å². The third-order valence-corrected chi connectivity index (χ3v) is 4.88. The summed E-state index contributed by atoms with van der Waals surface area (Å²) in [7, 11) is 0. The number of nitrogens with one attached hydrogen (secondary N) is 1. The van der Waals surface area contributed by atoms with Gasteiger partial charge in [0.1, 0.15) is 12.4 Å². The maximum absolute atomic E-state index is 14.3. The number of hydrogen-bond donors (Lipinski definition) is 1. The van der Waals surface area contributed by atoms with E-state index < -0.39 is 17.8 Å². The summed E-state index contributed by atoms with van der Waals surface area (Å²) in [6.07, 6.45) is 0. The van der Waals surface area contributed by atoms with Crippen molar-refractivity contribution in [2.75, 3.05) is 11.9 Å². The van der Waals surface area contributed by atoms with Crippen LogP contribution in [0.15, 0.2) is 72.8 Å². The lowest BCUT2D eigenvalue weighted by Crippen LogP contribution is -2.39. The number of fused-ring (bicyclic) bond motifs is 1. The summed E-state index contributed by atoms with van der Waals surface area (Å²) in [6, 6.07) is 20.5. The minimum Gasteiger partial charge on any atom is -0.324 e. The monoisotopic (exact) mass is 374 g/mol. The van der Waals surface area contributed by atoms with Crippen molar-refractivity contribution in [1.29, 1.82) is 0 Å². The second-order valence-electron chi connectivity index (χ2n) is 6.87. The first-order valence-corrected chi connectivity index (χ1v) is 9.05. The second-order valence-corrected chi connectivity index (χ2v) is 6.87. The molecule has 1 N–H and O–H groups in total. The van der Waals surface area contributed by atoms with Crippen molar-refractivity contribution in [2.24, 2.45) is 0 Å². The Morgan fingerprint density at radius 1 is 1.04 bits per heavy atom. The highest BCUT2D eigenvalue weighted by atomic mass is 19.1. The normalized spacial score (nSPS) is 16.1. The lowest BCUT2D eigenvalue weighted by atomic mass is 9.94. The zero-order valence-corrected chi connectivity index (χ0v) is 15.4. The number of carbonyl (C=O) groups excluding carboxylic acids is 2. The number of amides is 2. The van der Waals surface area contributed by atoms with Gasteiger partial charge in [0.05, 0.1) is 11.6 Å². The Balaban J connectivity index is 1.91. The molecule has 0 radical (unpaired) electrons. The van der Waals surface area contributed by atoms with Gasteiger partial charge in [-0.15, -0.1) is 0 Å². The summed E-state index contributed by atoms with van der Waals surface area (Å²) in [5.41, 5.74) is 3.28. The van der Waals surface area contributed by atoms with E-state index in [0.717, 1.165) is 16.7 Å². The molecule has 0 fully saturated rings. The van der Waals surface area contributed by atoms with Crippen LogP contribution in [0.25, 0.3) is 0 Å². The van der Waals surface area contributed by atoms with E-state index in [2.05, 4.69) is 5.32 Å². The van der Waals surface area contributed by atoms with Crippen molar-refractivity contribution in [3.8, 4) is 0 Å². The van der Waals surface area contributed by atoms with Gasteiger partial charge in [0.2, 0.25) is 5.91 Å². The maximum Gasteiger partial charge on any atom is 0.258 e. The zero-order valence-electron chi connectivity index (χ0n) is 15.4. The molecular formula is C23H19FN2O2. The van der Waals surface area contributed by atoms with Crippen molar-refractivity contribution in [3.63, 3.8) is 0 Å². The zero-order chi connectivity index (χ0) is 19.7. The van der Waals surface area contributed by atoms with Crippen molar-refractivity contribution >= 4 is 17.5 Å². The van der Waals surface area contributed by atoms with Crippen LogP contribution in [-0.2, 0) is 4.79 Å². The third-order valence-electron chi connectivity index (χ3n) is 4.88. The third kappa shape index (κ3) is 3.27. The molecule has 1 atom stereocenters. The van der Waals surface area contributed by atoms with Crippen molar-refractivity contribution in [2.45, 2.75) is 13.0 Å². The minimum absolute atomic E-state index is 0.0488. The van der Waals surface area contributed by atoms with E-state index in [-0.39, 0.29) is 18.0 Å². The van der Waals surface area contributed by atoms with Crippen molar-refractivity contribution in [3.05, 3.63) is 101 Å². The number of nitrogens with zero attached hydrogens (tertiary/aromatic N) is 1. The van der Waals surface area contributed by atoms with Crippen LogP contribution in [0.1, 0.15) is 33.1 Å². The highest BCUT2D eigenvalue weighted by Crippen LogP contribution is 2.37. The van der Waals surface area contributed by atoms with Gasteiger partial charge in [0.25, 0.3) is 5.91 Å². The number of anilines is 1. The Morgan fingerprint density at radius 3 is 2.50 bits per heavy atom. The molecule has 28 heavy (non-hydrogen) atoms. The summed E-state index contributed by atoms with van der Waals surface area (Å²) >= 11 is 0. The summed E-state index contributed by atoms with van der Waals surface area (Å²) < 4.78 is 14.3. The van der Waals surface area contributed by atoms with E-state index in [9.17, 15) is 14.0 Å². The first-order chi connectivity index (χ1) is 13.5. The highest BCUT2D eigenvalue weighted by Gasteiger charge is 2.34. The van der Waals surface area contributed by atoms with E-state index >= 15 is 0 Å². The van der Waals surface area contributed by atoms with Crippen LogP contribution < -0.4 is 5.32 Å². The largest absolute Gasteiger partial charge is 0.324 e. The summed E-state index contributed by atoms with van der Waals surface area (Å²) in [5.74, 6) is -1.43. The van der Waals surface area contributed by atoms with Crippen LogP contribution in [0.4, 0.5) is 10.1 Å². The quantitative estimate of drug-likeness (QED) is 0.726. The molecule has 1 heterocycles. The first kappa shape index (κ1) is 17.9. The molecule has 0 bridgehead atoms. The molecule has 2 amide bonds. The van der Waals surface area contributed by atoms with Crippen molar-refractivity contribution in [1.82, 2.24) is 4.90 Å². The minimum atomic E-state index is -0.603. The van der Waals surface area contributed by atoms with Crippen LogP contribution in [-0.4, -0.2) is 23.3 Å². The summed E-state index contributed by atoms with van der Waals surface area (Å²) in [6.45, 7) is 1.79. The lowest BCUT2D eigenvalue weighted by molar-refractivity contribution is -0.117. The molecule has 0 aliphatic carbocycles. The Bertz CT molecular complexity index is 1050. The molecule has 0 unspecified atom stereocenters. The van der Waals surface area contributed by atoms with E-state index in [1.807, 2.05) is 55.5 Å². The number of halogens is 1. The molecular weight excluding hydrogens is 355 g/mol. The molecule has 4 nitrogen and oxygen atoms in total. The highest BCUT2D eigenvalue weighted by molar-refractivity contribution is 6.01. The van der Waals surface area contributed by atoms with Gasteiger partial charge in [-0.2, -0.15) is 0 Å². The Morgan fingerprint density at radius 2 is 1.75 bits per heavy atom. The van der Waals surface area contributed by atoms with Gasteiger partial charge in [-0.25, -0.2) is 4.39 Å². The fraction of sp³-hybridized carbons (Fsp3) is 0.130. The van der Waals surface area contributed by atoms with Crippen LogP contribution >= 0.6 is 0 Å². The molecule has 3 aromatic rings. The first-order valence-electron chi connectivity index (χ1n) is 9.05. The van der Waals surface area contributed by atoms with Gasteiger partial charge < -0.3 is 10.2 Å². The number of carbonyl (C=O) groups is 2. The van der Waals surface area contributed by atoms with E-state index in [1.54, 1.807) is 6.07 Å². The van der Waals surface area contributed by atoms with Crippen LogP contribution in [0, 0.1) is 12.7 Å². The molecule has 1 aliphatic heterocycles. The molecule has 1 aliphatic rings. The molecule has 3 aromatic carbocycles. The average molecular weight is 374 g/mol. The fourth-order valence-corrected chi connectivity index (χ4v) is 3.60. The fourth-order valence-electron chi connectivity index (χ4n) is 3.60. The second kappa shape index (κ2) is 7.27. The van der Waals surface area contributed by atoms with Crippen molar-refractivity contribution < 1.29 is 14.0 Å². The Kier molecular flexibility index (Phi) is 4.65. The Hall–Kier alpha value is -3.47. The predicted octanol–water partition coefficient (Wildman–Crippen LogP) is 4.32. The average Bonchev–Trinajstić information content (AvgIpc) is 2.84.